The first-order valence-corrected chi connectivity index (χ1v) is 14.9. The molecule has 0 aliphatic rings. The van der Waals surface area contributed by atoms with Crippen LogP contribution in [0.3, 0.4) is 0 Å². The minimum absolute atomic E-state index is 0.0154. The number of hydrogen-bond acceptors (Lipinski definition) is 6. The molecule has 0 aromatic heterocycles. The van der Waals surface area contributed by atoms with Gasteiger partial charge in [-0.3, -0.25) is 13.9 Å². The van der Waals surface area contributed by atoms with Crippen molar-refractivity contribution in [1.82, 2.24) is 10.2 Å². The number of ether oxygens (including phenoxy) is 2. The summed E-state index contributed by atoms with van der Waals surface area (Å²) in [6.07, 6.45) is 0.344. The first kappa shape index (κ1) is 31.5. The first-order valence-electron chi connectivity index (χ1n) is 13.5. The van der Waals surface area contributed by atoms with Gasteiger partial charge in [0.25, 0.3) is 10.0 Å². The molecule has 3 rings (SSSR count). The van der Waals surface area contributed by atoms with E-state index in [2.05, 4.69) is 5.32 Å². The van der Waals surface area contributed by atoms with Gasteiger partial charge in [0.15, 0.2) is 0 Å². The quantitative estimate of drug-likeness (QED) is 0.320. The molecule has 3 aromatic carbocycles. The zero-order valence-corrected chi connectivity index (χ0v) is 25.3. The van der Waals surface area contributed by atoms with Crippen LogP contribution in [0.4, 0.5) is 5.69 Å². The van der Waals surface area contributed by atoms with Gasteiger partial charge in [0.05, 0.1) is 24.8 Å². The number of amides is 2. The summed E-state index contributed by atoms with van der Waals surface area (Å²) in [7, 11) is -1.35. The fraction of sp³-hybridized carbons (Fsp3) is 0.355. The molecule has 0 heterocycles. The Morgan fingerprint density at radius 1 is 0.878 bits per heavy atom. The zero-order chi connectivity index (χ0) is 30.2. The topological polar surface area (TPSA) is 105 Å². The number of likely N-dealkylation sites (N-methyl/N-ethyl adjacent to an activating group) is 1. The Kier molecular flexibility index (Phi) is 10.8. The lowest BCUT2D eigenvalue weighted by Gasteiger charge is -2.33. The highest BCUT2D eigenvalue weighted by Gasteiger charge is 2.35. The third-order valence-electron chi connectivity index (χ3n) is 6.75. The number of carbonyl (C=O) groups excluding carboxylic acids is 2. The summed E-state index contributed by atoms with van der Waals surface area (Å²) in [5.74, 6) is -0.204. The second-order valence-corrected chi connectivity index (χ2v) is 11.6. The summed E-state index contributed by atoms with van der Waals surface area (Å²) in [5.41, 5.74) is 2.91. The van der Waals surface area contributed by atoms with Gasteiger partial charge in [-0.05, 0) is 57.0 Å². The third kappa shape index (κ3) is 7.58. The molecule has 0 aliphatic carbocycles. The monoisotopic (exact) mass is 581 g/mol. The molecule has 0 saturated carbocycles. The van der Waals surface area contributed by atoms with E-state index in [-0.39, 0.29) is 28.8 Å². The molecule has 0 fully saturated rings. The minimum Gasteiger partial charge on any atom is -0.497 e. The van der Waals surface area contributed by atoms with Crippen LogP contribution >= 0.6 is 0 Å². The molecule has 41 heavy (non-hydrogen) atoms. The normalized spacial score (nSPS) is 11.9. The van der Waals surface area contributed by atoms with Crippen LogP contribution in [0.2, 0.25) is 0 Å². The summed E-state index contributed by atoms with van der Waals surface area (Å²) in [5, 5.41) is 2.81. The van der Waals surface area contributed by atoms with Crippen molar-refractivity contribution in [2.45, 2.75) is 51.6 Å². The van der Waals surface area contributed by atoms with E-state index in [4.69, 9.17) is 9.47 Å². The van der Waals surface area contributed by atoms with Crippen LogP contribution in [0.15, 0.2) is 71.6 Å². The third-order valence-corrected chi connectivity index (χ3v) is 8.53. The van der Waals surface area contributed by atoms with Crippen molar-refractivity contribution in [3.8, 4) is 11.5 Å². The van der Waals surface area contributed by atoms with Crippen molar-refractivity contribution in [2.75, 3.05) is 31.6 Å². The molecule has 0 bridgehead atoms. The van der Waals surface area contributed by atoms with Crippen molar-refractivity contribution in [3.05, 3.63) is 83.4 Å². The Bertz CT molecular complexity index is 1440. The highest BCUT2D eigenvalue weighted by Crippen LogP contribution is 2.36. The number of aryl methyl sites for hydroxylation is 2. The molecule has 1 atom stereocenters. The van der Waals surface area contributed by atoms with Crippen LogP contribution in [-0.2, 0) is 26.2 Å². The van der Waals surface area contributed by atoms with Crippen LogP contribution in [0, 0.1) is 13.8 Å². The maximum absolute atomic E-state index is 14.2. The van der Waals surface area contributed by atoms with Crippen LogP contribution in [0.25, 0.3) is 0 Å². The Morgan fingerprint density at radius 2 is 1.49 bits per heavy atom. The lowest BCUT2D eigenvalue weighted by molar-refractivity contribution is -0.140. The van der Waals surface area contributed by atoms with Crippen LogP contribution < -0.4 is 19.1 Å². The van der Waals surface area contributed by atoms with Gasteiger partial charge in [-0.15, -0.1) is 0 Å². The summed E-state index contributed by atoms with van der Waals surface area (Å²) < 4.78 is 40.1. The molecule has 220 valence electrons. The zero-order valence-electron chi connectivity index (χ0n) is 24.5. The van der Waals surface area contributed by atoms with E-state index in [1.54, 1.807) is 24.3 Å². The molecule has 0 spiro atoms. The first-order chi connectivity index (χ1) is 19.5. The highest BCUT2D eigenvalue weighted by molar-refractivity contribution is 7.92. The molecule has 3 aromatic rings. The lowest BCUT2D eigenvalue weighted by atomic mass is 10.1. The van der Waals surface area contributed by atoms with E-state index in [1.807, 2.05) is 52.0 Å². The average molecular weight is 582 g/mol. The smallest absolute Gasteiger partial charge is 0.264 e. The number of anilines is 1. The van der Waals surface area contributed by atoms with Gasteiger partial charge < -0.3 is 19.7 Å². The second kappa shape index (κ2) is 14.0. The molecule has 0 saturated heterocycles. The van der Waals surface area contributed by atoms with Gasteiger partial charge in [0.1, 0.15) is 24.1 Å². The van der Waals surface area contributed by atoms with Gasteiger partial charge in [0, 0.05) is 19.2 Å². The van der Waals surface area contributed by atoms with E-state index in [0.29, 0.717) is 18.7 Å². The summed E-state index contributed by atoms with van der Waals surface area (Å²) in [4.78, 5) is 28.7. The van der Waals surface area contributed by atoms with E-state index in [9.17, 15) is 18.0 Å². The molecule has 0 aliphatic heterocycles. The molecule has 0 radical (unpaired) electrons. The minimum atomic E-state index is -4.25. The standard InChI is InChI=1S/C31H39N3O6S/c1-7-27(31(36)32-8-2)33(20-24-13-9-22(3)10-14-24)30(35)21-34(28-19-25(39-5)15-18-29(28)40-6)41(37,38)26-16-11-23(4)12-17-26/h9-19,27H,7-8,20-21H2,1-6H3,(H,32,36). The number of hydrogen-bond donors (Lipinski definition) is 1. The Morgan fingerprint density at radius 3 is 2.02 bits per heavy atom. The fourth-order valence-corrected chi connectivity index (χ4v) is 5.86. The molecule has 1 unspecified atom stereocenters. The van der Waals surface area contributed by atoms with Crippen molar-refractivity contribution in [1.29, 1.82) is 0 Å². The van der Waals surface area contributed by atoms with E-state index in [0.717, 1.165) is 21.0 Å². The lowest BCUT2D eigenvalue weighted by Crippen LogP contribution is -2.52. The van der Waals surface area contributed by atoms with Crippen molar-refractivity contribution < 1.29 is 27.5 Å². The van der Waals surface area contributed by atoms with Gasteiger partial charge in [-0.1, -0.05) is 54.4 Å². The maximum atomic E-state index is 14.2. The second-order valence-electron chi connectivity index (χ2n) is 9.69. The fourth-order valence-electron chi connectivity index (χ4n) is 4.44. The van der Waals surface area contributed by atoms with Crippen molar-refractivity contribution >= 4 is 27.5 Å². The van der Waals surface area contributed by atoms with Crippen LogP contribution in [-0.4, -0.2) is 58.5 Å². The molecular formula is C31H39N3O6S. The molecule has 2 amide bonds. The number of sulfonamides is 1. The molecular weight excluding hydrogens is 542 g/mol. The van der Waals surface area contributed by atoms with Crippen LogP contribution in [0.5, 0.6) is 11.5 Å². The number of nitrogens with zero attached hydrogens (tertiary/aromatic N) is 2. The Labute approximate surface area is 243 Å². The highest BCUT2D eigenvalue weighted by atomic mass is 32.2. The number of rotatable bonds is 13. The number of carbonyl (C=O) groups is 2. The van der Waals surface area contributed by atoms with Gasteiger partial charge >= 0.3 is 0 Å². The summed E-state index contributed by atoms with van der Waals surface area (Å²) >= 11 is 0. The molecule has 10 heteroatoms. The number of benzene rings is 3. The van der Waals surface area contributed by atoms with Crippen LogP contribution in [0.1, 0.15) is 37.0 Å². The van der Waals surface area contributed by atoms with Gasteiger partial charge in [-0.2, -0.15) is 0 Å². The van der Waals surface area contributed by atoms with Crippen molar-refractivity contribution in [2.24, 2.45) is 0 Å². The largest absolute Gasteiger partial charge is 0.497 e. The average Bonchev–Trinajstić information content (AvgIpc) is 2.96. The van der Waals surface area contributed by atoms with E-state index < -0.39 is 28.5 Å². The van der Waals surface area contributed by atoms with Gasteiger partial charge in [0.2, 0.25) is 11.8 Å². The Hall–Kier alpha value is -4.05. The SMILES string of the molecule is CCNC(=O)C(CC)N(Cc1ccc(C)cc1)C(=O)CN(c1cc(OC)ccc1OC)S(=O)(=O)c1ccc(C)cc1. The maximum Gasteiger partial charge on any atom is 0.264 e. The summed E-state index contributed by atoms with van der Waals surface area (Å²) in [6, 6.07) is 18.0. The molecule has 9 nitrogen and oxygen atoms in total. The van der Waals surface area contributed by atoms with Crippen molar-refractivity contribution in [3.63, 3.8) is 0 Å². The number of nitrogens with one attached hydrogen (secondary N) is 1. The predicted molar refractivity (Wildman–Crippen MR) is 160 cm³/mol. The number of methoxy groups -OCH3 is 2. The summed E-state index contributed by atoms with van der Waals surface area (Å²) in [6.45, 7) is 7.41. The predicted octanol–water partition coefficient (Wildman–Crippen LogP) is 4.46. The van der Waals surface area contributed by atoms with E-state index >= 15 is 0 Å². The Balaban J connectivity index is 2.14. The van der Waals surface area contributed by atoms with E-state index in [1.165, 1.54) is 37.3 Å². The molecule has 1 N–H and O–H groups in total. The van der Waals surface area contributed by atoms with Gasteiger partial charge in [-0.25, -0.2) is 8.42 Å².